The Morgan fingerprint density at radius 1 is 1.21 bits per heavy atom. The maximum absolute atomic E-state index is 5.18. The molecule has 0 heterocycles. The van der Waals surface area contributed by atoms with Crippen LogP contribution in [0.5, 0.6) is 11.5 Å². The highest BCUT2D eigenvalue weighted by Gasteiger charge is 2.01. The van der Waals surface area contributed by atoms with E-state index in [1.54, 1.807) is 14.2 Å². The quantitative estimate of drug-likeness (QED) is 0.728. The Morgan fingerprint density at radius 2 is 1.93 bits per heavy atom. The number of hydrogen-bond donors (Lipinski definition) is 0. The third-order valence-electron chi connectivity index (χ3n) is 1.88. The third kappa shape index (κ3) is 2.52. The molecule has 0 amide bonds. The standard InChI is InChI=1S/C12H15O2/c1-4-5-6-10-7-8-11(13-2)12(9-10)14-3/h5-9H,1,4H2,2-3H3. The van der Waals surface area contributed by atoms with Gasteiger partial charge in [0.2, 0.25) is 0 Å². The smallest absolute Gasteiger partial charge is 0.161 e. The van der Waals surface area contributed by atoms with Gasteiger partial charge in [-0.15, -0.1) is 0 Å². The second-order valence-corrected chi connectivity index (χ2v) is 2.81. The fraction of sp³-hybridized carbons (Fsp3) is 0.250. The maximum Gasteiger partial charge on any atom is 0.161 e. The first kappa shape index (κ1) is 10.6. The summed E-state index contributed by atoms with van der Waals surface area (Å²) in [7, 11) is 3.26. The van der Waals surface area contributed by atoms with Gasteiger partial charge in [0.05, 0.1) is 14.2 Å². The summed E-state index contributed by atoms with van der Waals surface area (Å²) in [5.74, 6) is 1.50. The van der Waals surface area contributed by atoms with E-state index in [0.717, 1.165) is 23.5 Å². The Kier molecular flexibility index (Phi) is 4.05. The lowest BCUT2D eigenvalue weighted by atomic mass is 10.2. The Hall–Kier alpha value is -1.44. The SMILES string of the molecule is [CH2]CC=Cc1ccc(OC)c(OC)c1. The molecule has 75 valence electrons. The first-order valence-corrected chi connectivity index (χ1v) is 4.49. The lowest BCUT2D eigenvalue weighted by Crippen LogP contribution is -1.90. The molecule has 0 saturated heterocycles. The van der Waals surface area contributed by atoms with Crippen molar-refractivity contribution in [3.8, 4) is 11.5 Å². The van der Waals surface area contributed by atoms with E-state index in [9.17, 15) is 0 Å². The summed E-state index contributed by atoms with van der Waals surface area (Å²) in [4.78, 5) is 0. The topological polar surface area (TPSA) is 18.5 Å². The van der Waals surface area contributed by atoms with Crippen LogP contribution in [0.2, 0.25) is 0 Å². The zero-order valence-electron chi connectivity index (χ0n) is 8.62. The fourth-order valence-electron chi connectivity index (χ4n) is 1.18. The minimum absolute atomic E-state index is 0.749. The molecule has 1 aromatic rings. The molecule has 0 aliphatic rings. The predicted molar refractivity (Wildman–Crippen MR) is 58.6 cm³/mol. The molecule has 0 aliphatic heterocycles. The van der Waals surface area contributed by atoms with Gasteiger partial charge in [0.1, 0.15) is 0 Å². The number of allylic oxidation sites excluding steroid dienone is 1. The van der Waals surface area contributed by atoms with Crippen molar-refractivity contribution in [1.29, 1.82) is 0 Å². The molecule has 14 heavy (non-hydrogen) atoms. The summed E-state index contributed by atoms with van der Waals surface area (Å²) in [6, 6.07) is 5.81. The average molecular weight is 191 g/mol. The minimum atomic E-state index is 0.749. The first-order valence-electron chi connectivity index (χ1n) is 4.49. The highest BCUT2D eigenvalue weighted by Crippen LogP contribution is 2.27. The lowest BCUT2D eigenvalue weighted by Gasteiger charge is -2.07. The van der Waals surface area contributed by atoms with Gasteiger partial charge >= 0.3 is 0 Å². The van der Waals surface area contributed by atoms with Crippen LogP contribution in [0.4, 0.5) is 0 Å². The number of rotatable bonds is 4. The van der Waals surface area contributed by atoms with Gasteiger partial charge in [0, 0.05) is 0 Å². The Labute approximate surface area is 85.2 Å². The van der Waals surface area contributed by atoms with Gasteiger partial charge in [0.15, 0.2) is 11.5 Å². The summed E-state index contributed by atoms with van der Waals surface area (Å²) in [6.07, 6.45) is 4.80. The van der Waals surface area contributed by atoms with E-state index in [2.05, 4.69) is 6.92 Å². The number of ether oxygens (including phenoxy) is 2. The molecular weight excluding hydrogens is 176 g/mol. The number of methoxy groups -OCH3 is 2. The van der Waals surface area contributed by atoms with E-state index in [0.29, 0.717) is 0 Å². The molecule has 2 heteroatoms. The average Bonchev–Trinajstić information content (AvgIpc) is 2.25. The molecule has 0 atom stereocenters. The molecule has 1 rings (SSSR count). The van der Waals surface area contributed by atoms with Crippen molar-refractivity contribution < 1.29 is 9.47 Å². The highest BCUT2D eigenvalue weighted by molar-refractivity contribution is 5.55. The summed E-state index contributed by atoms with van der Waals surface area (Å²) in [5.41, 5.74) is 1.09. The molecule has 1 radical (unpaired) electrons. The van der Waals surface area contributed by atoms with Gasteiger partial charge in [-0.3, -0.25) is 0 Å². The van der Waals surface area contributed by atoms with Crippen molar-refractivity contribution in [2.45, 2.75) is 6.42 Å². The van der Waals surface area contributed by atoms with Gasteiger partial charge in [0.25, 0.3) is 0 Å². The van der Waals surface area contributed by atoms with Crippen molar-refractivity contribution in [2.24, 2.45) is 0 Å². The zero-order valence-corrected chi connectivity index (χ0v) is 8.62. The van der Waals surface area contributed by atoms with Crippen LogP contribution in [-0.2, 0) is 0 Å². The second kappa shape index (κ2) is 5.32. The molecule has 0 aromatic heterocycles. The predicted octanol–water partition coefficient (Wildman–Crippen LogP) is 2.94. The number of benzene rings is 1. The van der Waals surface area contributed by atoms with Crippen LogP contribution in [0.1, 0.15) is 12.0 Å². The fourth-order valence-corrected chi connectivity index (χ4v) is 1.18. The minimum Gasteiger partial charge on any atom is -0.493 e. The van der Waals surface area contributed by atoms with E-state index < -0.39 is 0 Å². The van der Waals surface area contributed by atoms with Gasteiger partial charge in [-0.2, -0.15) is 0 Å². The van der Waals surface area contributed by atoms with Crippen LogP contribution < -0.4 is 9.47 Å². The van der Waals surface area contributed by atoms with Gasteiger partial charge < -0.3 is 9.47 Å². The van der Waals surface area contributed by atoms with Crippen LogP contribution >= 0.6 is 0 Å². The van der Waals surface area contributed by atoms with E-state index in [4.69, 9.17) is 9.47 Å². The molecule has 0 fully saturated rings. The Balaban J connectivity index is 2.95. The molecule has 0 unspecified atom stereocenters. The maximum atomic E-state index is 5.18. The third-order valence-corrected chi connectivity index (χ3v) is 1.88. The van der Waals surface area contributed by atoms with Crippen molar-refractivity contribution >= 4 is 6.08 Å². The molecule has 0 N–H and O–H groups in total. The second-order valence-electron chi connectivity index (χ2n) is 2.81. The van der Waals surface area contributed by atoms with Crippen LogP contribution in [0.15, 0.2) is 24.3 Å². The van der Waals surface area contributed by atoms with E-state index in [1.807, 2.05) is 30.4 Å². The van der Waals surface area contributed by atoms with E-state index in [-0.39, 0.29) is 0 Å². The summed E-state index contributed by atoms with van der Waals surface area (Å²) < 4.78 is 10.3. The Bertz CT molecular complexity index is 316. The molecule has 0 aliphatic carbocycles. The van der Waals surface area contributed by atoms with E-state index in [1.165, 1.54) is 0 Å². The van der Waals surface area contributed by atoms with Crippen molar-refractivity contribution in [3.05, 3.63) is 36.8 Å². The molecular formula is C12H15O2. The van der Waals surface area contributed by atoms with Gasteiger partial charge in [-0.05, 0) is 31.0 Å². The monoisotopic (exact) mass is 191 g/mol. The van der Waals surface area contributed by atoms with Gasteiger partial charge in [-0.25, -0.2) is 0 Å². The highest BCUT2D eigenvalue weighted by atomic mass is 16.5. The summed E-state index contributed by atoms with van der Waals surface area (Å²) in [6.45, 7) is 3.73. The van der Waals surface area contributed by atoms with Crippen LogP contribution in [0.3, 0.4) is 0 Å². The van der Waals surface area contributed by atoms with Crippen molar-refractivity contribution in [3.63, 3.8) is 0 Å². The zero-order chi connectivity index (χ0) is 10.4. The summed E-state index contributed by atoms with van der Waals surface area (Å²) in [5, 5.41) is 0. The summed E-state index contributed by atoms with van der Waals surface area (Å²) >= 11 is 0. The van der Waals surface area contributed by atoms with Crippen molar-refractivity contribution in [2.75, 3.05) is 14.2 Å². The molecule has 0 bridgehead atoms. The lowest BCUT2D eigenvalue weighted by molar-refractivity contribution is 0.355. The van der Waals surface area contributed by atoms with Crippen LogP contribution in [0, 0.1) is 6.92 Å². The molecule has 0 spiro atoms. The van der Waals surface area contributed by atoms with Crippen LogP contribution in [-0.4, -0.2) is 14.2 Å². The van der Waals surface area contributed by atoms with E-state index >= 15 is 0 Å². The molecule has 2 nitrogen and oxygen atoms in total. The van der Waals surface area contributed by atoms with Gasteiger partial charge in [-0.1, -0.05) is 18.2 Å². The van der Waals surface area contributed by atoms with Crippen LogP contribution in [0.25, 0.3) is 6.08 Å². The molecule has 0 saturated carbocycles. The first-order chi connectivity index (χ1) is 6.81. The van der Waals surface area contributed by atoms with Crippen molar-refractivity contribution in [1.82, 2.24) is 0 Å². The normalized spacial score (nSPS) is 10.5. The largest absolute Gasteiger partial charge is 0.493 e. The number of hydrogen-bond acceptors (Lipinski definition) is 2. The molecule has 1 aromatic carbocycles. The Morgan fingerprint density at radius 3 is 2.50 bits per heavy atom.